The van der Waals surface area contributed by atoms with E-state index in [4.69, 9.17) is 11.6 Å². The second-order valence-electron chi connectivity index (χ2n) is 3.84. The van der Waals surface area contributed by atoms with Gasteiger partial charge in [-0.2, -0.15) is 0 Å². The van der Waals surface area contributed by atoms with Gasteiger partial charge in [-0.1, -0.05) is 51.8 Å². The molecule has 0 amide bonds. The Hall–Kier alpha value is -0.860. The molecule has 0 bridgehead atoms. The third kappa shape index (κ3) is 1.33. The fraction of sp³-hybridized carbons (Fsp3) is 0.0769. The van der Waals surface area contributed by atoms with Crippen LogP contribution >= 0.6 is 27.5 Å². The maximum absolute atomic E-state index is 14.0. The Morgan fingerprint density at radius 2 is 2.00 bits per heavy atom. The van der Waals surface area contributed by atoms with Gasteiger partial charge in [0, 0.05) is 10.0 Å². The molecule has 1 aliphatic carbocycles. The Balaban J connectivity index is 2.39. The summed E-state index contributed by atoms with van der Waals surface area (Å²) in [5, 5.41) is 0.169. The SMILES string of the molecule is Fc1c(Cl)cc(Br)c2c1-c1ccccc1C2. The number of benzene rings is 2. The normalized spacial score (nSPS) is 12.4. The van der Waals surface area contributed by atoms with Crippen LogP contribution in [0.1, 0.15) is 11.1 Å². The number of fused-ring (bicyclic) bond motifs is 3. The van der Waals surface area contributed by atoms with Gasteiger partial charge < -0.3 is 0 Å². The highest BCUT2D eigenvalue weighted by Crippen LogP contribution is 2.43. The Bertz CT molecular complexity index is 593. The van der Waals surface area contributed by atoms with E-state index in [0.717, 1.165) is 27.6 Å². The van der Waals surface area contributed by atoms with Crippen molar-refractivity contribution in [3.05, 3.63) is 56.8 Å². The highest BCUT2D eigenvalue weighted by atomic mass is 79.9. The second kappa shape index (κ2) is 3.57. The zero-order valence-corrected chi connectivity index (χ0v) is 10.6. The van der Waals surface area contributed by atoms with E-state index < -0.39 is 0 Å². The monoisotopic (exact) mass is 296 g/mol. The third-order valence-electron chi connectivity index (χ3n) is 2.93. The van der Waals surface area contributed by atoms with Crippen molar-refractivity contribution in [2.45, 2.75) is 6.42 Å². The maximum atomic E-state index is 14.0. The van der Waals surface area contributed by atoms with Crippen molar-refractivity contribution in [1.82, 2.24) is 0 Å². The molecule has 2 aromatic rings. The average molecular weight is 298 g/mol. The summed E-state index contributed by atoms with van der Waals surface area (Å²) in [5.74, 6) is -0.315. The first-order chi connectivity index (χ1) is 7.68. The van der Waals surface area contributed by atoms with E-state index in [9.17, 15) is 4.39 Å². The molecular formula is C13H7BrClF. The fourth-order valence-corrected chi connectivity index (χ4v) is 3.10. The van der Waals surface area contributed by atoms with Crippen molar-refractivity contribution in [1.29, 1.82) is 0 Å². The number of rotatable bonds is 0. The molecule has 0 aliphatic heterocycles. The first-order valence-electron chi connectivity index (χ1n) is 4.93. The van der Waals surface area contributed by atoms with Crippen LogP contribution in [-0.4, -0.2) is 0 Å². The molecule has 0 unspecified atom stereocenters. The van der Waals surface area contributed by atoms with Crippen LogP contribution in [0.25, 0.3) is 11.1 Å². The Morgan fingerprint density at radius 1 is 1.25 bits per heavy atom. The molecule has 0 fully saturated rings. The summed E-state index contributed by atoms with van der Waals surface area (Å²) in [7, 11) is 0. The fourth-order valence-electron chi connectivity index (χ4n) is 2.20. The summed E-state index contributed by atoms with van der Waals surface area (Å²) in [4.78, 5) is 0. The van der Waals surface area contributed by atoms with Crippen LogP contribution in [0.15, 0.2) is 34.8 Å². The van der Waals surface area contributed by atoms with Gasteiger partial charge in [-0.25, -0.2) is 4.39 Å². The number of halogens is 3. The zero-order valence-electron chi connectivity index (χ0n) is 8.23. The molecule has 0 nitrogen and oxygen atoms in total. The van der Waals surface area contributed by atoms with Crippen LogP contribution < -0.4 is 0 Å². The molecule has 0 heterocycles. The number of hydrogen-bond acceptors (Lipinski definition) is 0. The molecule has 0 spiro atoms. The van der Waals surface area contributed by atoms with Crippen LogP contribution in [0.3, 0.4) is 0 Å². The van der Waals surface area contributed by atoms with Gasteiger partial charge in [0.05, 0.1) is 5.02 Å². The van der Waals surface area contributed by atoms with Gasteiger partial charge in [0.25, 0.3) is 0 Å². The van der Waals surface area contributed by atoms with Gasteiger partial charge in [-0.3, -0.25) is 0 Å². The van der Waals surface area contributed by atoms with Gasteiger partial charge in [-0.05, 0) is 29.2 Å². The summed E-state index contributed by atoms with van der Waals surface area (Å²) >= 11 is 9.30. The molecule has 0 N–H and O–H groups in total. The molecular weight excluding hydrogens is 290 g/mol. The highest BCUT2D eigenvalue weighted by Gasteiger charge is 2.25. The maximum Gasteiger partial charge on any atom is 0.149 e. The highest BCUT2D eigenvalue weighted by molar-refractivity contribution is 9.10. The smallest absolute Gasteiger partial charge is 0.149 e. The van der Waals surface area contributed by atoms with Gasteiger partial charge in [0.2, 0.25) is 0 Å². The van der Waals surface area contributed by atoms with Gasteiger partial charge >= 0.3 is 0 Å². The molecule has 3 rings (SSSR count). The lowest BCUT2D eigenvalue weighted by molar-refractivity contribution is 0.631. The van der Waals surface area contributed by atoms with Gasteiger partial charge in [-0.15, -0.1) is 0 Å². The first-order valence-corrected chi connectivity index (χ1v) is 6.10. The predicted octanol–water partition coefficient (Wildman–Crippen LogP) is 4.81. The van der Waals surface area contributed by atoms with E-state index in [1.165, 1.54) is 0 Å². The lowest BCUT2D eigenvalue weighted by Crippen LogP contribution is -1.88. The third-order valence-corrected chi connectivity index (χ3v) is 3.91. The van der Waals surface area contributed by atoms with E-state index >= 15 is 0 Å². The van der Waals surface area contributed by atoms with E-state index in [0.29, 0.717) is 5.56 Å². The lowest BCUT2D eigenvalue weighted by atomic mass is 10.1. The molecule has 2 aromatic carbocycles. The van der Waals surface area contributed by atoms with E-state index in [1.807, 2.05) is 24.3 Å². The largest absolute Gasteiger partial charge is 0.205 e. The zero-order chi connectivity index (χ0) is 11.3. The van der Waals surface area contributed by atoms with E-state index in [-0.39, 0.29) is 10.8 Å². The van der Waals surface area contributed by atoms with Crippen molar-refractivity contribution >= 4 is 27.5 Å². The summed E-state index contributed by atoms with van der Waals surface area (Å²) in [6, 6.07) is 9.48. The summed E-state index contributed by atoms with van der Waals surface area (Å²) in [6.07, 6.45) is 0.764. The van der Waals surface area contributed by atoms with Crippen LogP contribution in [0.2, 0.25) is 5.02 Å². The minimum Gasteiger partial charge on any atom is -0.205 e. The molecule has 0 saturated heterocycles. The molecule has 0 saturated carbocycles. The van der Waals surface area contributed by atoms with E-state index in [1.54, 1.807) is 6.07 Å². The predicted molar refractivity (Wildman–Crippen MR) is 67.4 cm³/mol. The summed E-state index contributed by atoms with van der Waals surface area (Å²) < 4.78 is 14.9. The molecule has 0 radical (unpaired) electrons. The quantitative estimate of drug-likeness (QED) is 0.522. The minimum absolute atomic E-state index is 0.169. The Kier molecular flexibility index (Phi) is 2.30. The summed E-state index contributed by atoms with van der Waals surface area (Å²) in [5.41, 5.74) is 3.75. The first kappa shape index (κ1) is 10.3. The van der Waals surface area contributed by atoms with Crippen molar-refractivity contribution in [2.75, 3.05) is 0 Å². The van der Waals surface area contributed by atoms with Crippen molar-refractivity contribution in [2.24, 2.45) is 0 Å². The van der Waals surface area contributed by atoms with Crippen LogP contribution in [0.5, 0.6) is 0 Å². The molecule has 3 heteroatoms. The van der Waals surface area contributed by atoms with Gasteiger partial charge in [0.15, 0.2) is 0 Å². The summed E-state index contributed by atoms with van der Waals surface area (Å²) in [6.45, 7) is 0. The Labute approximate surface area is 106 Å². The van der Waals surface area contributed by atoms with Crippen LogP contribution in [0, 0.1) is 5.82 Å². The average Bonchev–Trinajstić information content (AvgIpc) is 2.66. The molecule has 1 aliphatic rings. The lowest BCUT2D eigenvalue weighted by Gasteiger charge is -2.06. The van der Waals surface area contributed by atoms with Crippen molar-refractivity contribution in [3.8, 4) is 11.1 Å². The molecule has 0 aromatic heterocycles. The molecule has 0 atom stereocenters. The topological polar surface area (TPSA) is 0 Å². The second-order valence-corrected chi connectivity index (χ2v) is 5.10. The standard InChI is InChI=1S/C13H7BrClF/c14-10-6-11(15)13(16)12-8-4-2-1-3-7(8)5-9(10)12/h1-4,6H,5H2. The molecule has 80 valence electrons. The molecule has 16 heavy (non-hydrogen) atoms. The van der Waals surface area contributed by atoms with Crippen molar-refractivity contribution < 1.29 is 4.39 Å². The number of hydrogen-bond donors (Lipinski definition) is 0. The van der Waals surface area contributed by atoms with Crippen molar-refractivity contribution in [3.63, 3.8) is 0 Å². The minimum atomic E-state index is -0.315. The van der Waals surface area contributed by atoms with Crippen LogP contribution in [-0.2, 0) is 6.42 Å². The van der Waals surface area contributed by atoms with Gasteiger partial charge in [0.1, 0.15) is 5.82 Å². The van der Waals surface area contributed by atoms with Crippen LogP contribution in [0.4, 0.5) is 4.39 Å². The van der Waals surface area contributed by atoms with E-state index in [2.05, 4.69) is 15.9 Å². The Morgan fingerprint density at radius 3 is 2.81 bits per heavy atom.